The van der Waals surface area contributed by atoms with Crippen molar-refractivity contribution in [2.45, 2.75) is 32.2 Å². The minimum Gasteiger partial charge on any atom is -0.322 e. The SMILES string of the molecule is O=C1[C@H]2CCCC[C@@H]2C(=O)N1C[NH+]1CC[NH+](Cc2ccc(Cl)cc2)CC1. The summed E-state index contributed by atoms with van der Waals surface area (Å²) in [5, 5.41) is 0.776. The molecule has 2 N–H and O–H groups in total. The first-order chi connectivity index (χ1) is 12.6. The van der Waals surface area contributed by atoms with Crippen molar-refractivity contribution in [3.8, 4) is 0 Å². The predicted octanol–water partition coefficient (Wildman–Crippen LogP) is -0.244. The molecule has 2 aliphatic heterocycles. The fourth-order valence-electron chi connectivity index (χ4n) is 4.79. The number of amides is 2. The Morgan fingerprint density at radius 2 is 1.42 bits per heavy atom. The van der Waals surface area contributed by atoms with Crippen LogP contribution in [0.2, 0.25) is 5.02 Å². The van der Waals surface area contributed by atoms with E-state index in [1.54, 1.807) is 9.80 Å². The number of nitrogens with zero attached hydrogens (tertiary/aromatic N) is 1. The summed E-state index contributed by atoms with van der Waals surface area (Å²) in [5.41, 5.74) is 1.31. The molecular weight excluding hydrogens is 350 g/mol. The van der Waals surface area contributed by atoms with E-state index >= 15 is 0 Å². The normalized spacial score (nSPS) is 32.0. The number of likely N-dealkylation sites (tertiary alicyclic amines) is 1. The third-order valence-corrected chi connectivity index (χ3v) is 6.60. The Morgan fingerprint density at radius 1 is 0.885 bits per heavy atom. The maximum Gasteiger partial charge on any atom is 0.237 e. The average molecular weight is 378 g/mol. The molecule has 3 fully saturated rings. The van der Waals surface area contributed by atoms with E-state index < -0.39 is 0 Å². The average Bonchev–Trinajstić information content (AvgIpc) is 2.90. The molecule has 0 unspecified atom stereocenters. The van der Waals surface area contributed by atoms with Gasteiger partial charge < -0.3 is 9.80 Å². The lowest BCUT2D eigenvalue weighted by Crippen LogP contribution is -3.28. The number of carbonyl (C=O) groups excluding carboxylic acids is 2. The van der Waals surface area contributed by atoms with Crippen LogP contribution in [0.4, 0.5) is 0 Å². The number of fused-ring (bicyclic) bond motifs is 1. The second-order valence-electron chi connectivity index (χ2n) is 8.06. The Balaban J connectivity index is 1.29. The molecule has 2 atom stereocenters. The monoisotopic (exact) mass is 377 g/mol. The summed E-state index contributed by atoms with van der Waals surface area (Å²) in [5.74, 6) is 0.159. The Kier molecular flexibility index (Phi) is 5.30. The van der Waals surface area contributed by atoms with Gasteiger partial charge in [-0.1, -0.05) is 36.6 Å². The largest absolute Gasteiger partial charge is 0.322 e. The summed E-state index contributed by atoms with van der Waals surface area (Å²) in [4.78, 5) is 29.8. The van der Waals surface area contributed by atoms with Gasteiger partial charge in [-0.3, -0.25) is 9.59 Å². The van der Waals surface area contributed by atoms with Crippen molar-refractivity contribution < 1.29 is 19.4 Å². The molecule has 0 aromatic heterocycles. The zero-order valence-electron chi connectivity index (χ0n) is 15.2. The van der Waals surface area contributed by atoms with E-state index in [9.17, 15) is 9.59 Å². The van der Waals surface area contributed by atoms with E-state index in [-0.39, 0.29) is 23.7 Å². The van der Waals surface area contributed by atoms with E-state index in [0.29, 0.717) is 6.67 Å². The van der Waals surface area contributed by atoms with Crippen molar-refractivity contribution in [1.82, 2.24) is 4.90 Å². The van der Waals surface area contributed by atoms with Gasteiger partial charge in [0, 0.05) is 10.6 Å². The third kappa shape index (κ3) is 3.66. The van der Waals surface area contributed by atoms with Gasteiger partial charge in [-0.15, -0.1) is 0 Å². The number of quaternary nitrogens is 2. The molecule has 2 amide bonds. The highest BCUT2D eigenvalue weighted by atomic mass is 35.5. The molecule has 3 aliphatic rings. The van der Waals surface area contributed by atoms with E-state index in [1.165, 1.54) is 10.5 Å². The number of rotatable bonds is 4. The molecule has 2 heterocycles. The fourth-order valence-corrected chi connectivity index (χ4v) is 4.92. The molecule has 1 aliphatic carbocycles. The van der Waals surface area contributed by atoms with Crippen LogP contribution in [0, 0.1) is 11.8 Å². The third-order valence-electron chi connectivity index (χ3n) is 6.35. The van der Waals surface area contributed by atoms with Crippen LogP contribution in [0.25, 0.3) is 0 Å². The lowest BCUT2D eigenvalue weighted by Gasteiger charge is -2.31. The standard InChI is InChI=1S/C20H26ClN3O2/c21-16-7-5-15(6-8-16)13-22-9-11-23(12-10-22)14-24-19(25)17-3-1-2-4-18(17)20(24)26/h5-8,17-18H,1-4,9-14H2/p+2/t17-,18-/m0/s1. The summed E-state index contributed by atoms with van der Waals surface area (Å²) in [6.45, 7) is 5.74. The topological polar surface area (TPSA) is 46.3 Å². The van der Waals surface area contributed by atoms with Crippen LogP contribution >= 0.6 is 11.6 Å². The fraction of sp³-hybridized carbons (Fsp3) is 0.600. The van der Waals surface area contributed by atoms with Crippen LogP contribution in [0.1, 0.15) is 31.2 Å². The maximum absolute atomic E-state index is 12.6. The molecule has 1 aromatic carbocycles. The number of hydrogen-bond acceptors (Lipinski definition) is 2. The number of piperazine rings is 1. The molecule has 5 nitrogen and oxygen atoms in total. The van der Waals surface area contributed by atoms with Crippen LogP contribution in [0.15, 0.2) is 24.3 Å². The summed E-state index contributed by atoms with van der Waals surface area (Å²) < 4.78 is 0. The molecule has 140 valence electrons. The van der Waals surface area contributed by atoms with Gasteiger partial charge in [0.25, 0.3) is 0 Å². The van der Waals surface area contributed by atoms with Crippen molar-refractivity contribution in [2.24, 2.45) is 11.8 Å². The first-order valence-electron chi connectivity index (χ1n) is 9.88. The van der Waals surface area contributed by atoms with Gasteiger partial charge in [-0.25, -0.2) is 4.90 Å². The minimum atomic E-state index is -0.0209. The van der Waals surface area contributed by atoms with Crippen molar-refractivity contribution in [3.05, 3.63) is 34.9 Å². The number of halogens is 1. The van der Waals surface area contributed by atoms with Crippen LogP contribution in [0.3, 0.4) is 0 Å². The Morgan fingerprint density at radius 3 is 2.00 bits per heavy atom. The van der Waals surface area contributed by atoms with Crippen molar-refractivity contribution >= 4 is 23.4 Å². The molecule has 1 saturated carbocycles. The Hall–Kier alpha value is -1.43. The van der Waals surface area contributed by atoms with Crippen LogP contribution in [0.5, 0.6) is 0 Å². The summed E-state index contributed by atoms with van der Waals surface area (Å²) in [7, 11) is 0. The summed E-state index contributed by atoms with van der Waals surface area (Å²) >= 11 is 5.95. The van der Waals surface area contributed by atoms with Crippen LogP contribution < -0.4 is 9.80 Å². The van der Waals surface area contributed by atoms with Crippen LogP contribution in [-0.4, -0.2) is 49.6 Å². The first kappa shape index (κ1) is 18.0. The lowest BCUT2D eigenvalue weighted by molar-refractivity contribution is -1.02. The van der Waals surface area contributed by atoms with Gasteiger partial charge in [0.05, 0.1) is 11.8 Å². The minimum absolute atomic E-state index is 0.0209. The van der Waals surface area contributed by atoms with Crippen molar-refractivity contribution in [3.63, 3.8) is 0 Å². The lowest BCUT2D eigenvalue weighted by atomic mass is 9.81. The predicted molar refractivity (Wildman–Crippen MR) is 98.7 cm³/mol. The highest BCUT2D eigenvalue weighted by Crippen LogP contribution is 2.37. The molecule has 2 saturated heterocycles. The smallest absolute Gasteiger partial charge is 0.237 e. The van der Waals surface area contributed by atoms with Gasteiger partial charge in [0.15, 0.2) is 6.67 Å². The van der Waals surface area contributed by atoms with Gasteiger partial charge in [-0.2, -0.15) is 0 Å². The van der Waals surface area contributed by atoms with E-state index in [1.807, 2.05) is 12.1 Å². The molecule has 6 heteroatoms. The van der Waals surface area contributed by atoms with Gasteiger partial charge in [0.2, 0.25) is 11.8 Å². The number of nitrogens with one attached hydrogen (secondary N) is 2. The Bertz CT molecular complexity index is 646. The zero-order chi connectivity index (χ0) is 18.1. The van der Waals surface area contributed by atoms with Crippen molar-refractivity contribution in [2.75, 3.05) is 32.8 Å². The molecule has 26 heavy (non-hydrogen) atoms. The molecule has 0 bridgehead atoms. The van der Waals surface area contributed by atoms with Gasteiger partial charge >= 0.3 is 0 Å². The Labute approximate surface area is 159 Å². The van der Waals surface area contributed by atoms with Crippen LogP contribution in [-0.2, 0) is 16.1 Å². The van der Waals surface area contributed by atoms with E-state index in [0.717, 1.165) is 63.4 Å². The highest BCUT2D eigenvalue weighted by Gasteiger charge is 2.49. The number of imide groups is 1. The summed E-state index contributed by atoms with van der Waals surface area (Å²) in [6, 6.07) is 8.08. The maximum atomic E-state index is 12.6. The molecule has 1 aromatic rings. The second-order valence-corrected chi connectivity index (χ2v) is 8.50. The van der Waals surface area contributed by atoms with E-state index in [2.05, 4.69) is 12.1 Å². The first-order valence-corrected chi connectivity index (χ1v) is 10.3. The highest BCUT2D eigenvalue weighted by molar-refractivity contribution is 6.30. The molecule has 0 spiro atoms. The molecule has 4 rings (SSSR count). The van der Waals surface area contributed by atoms with Gasteiger partial charge in [0.1, 0.15) is 32.7 Å². The zero-order valence-corrected chi connectivity index (χ0v) is 15.9. The molecule has 0 radical (unpaired) electrons. The van der Waals surface area contributed by atoms with Gasteiger partial charge in [-0.05, 0) is 25.0 Å². The number of carbonyl (C=O) groups is 2. The summed E-state index contributed by atoms with van der Waals surface area (Å²) in [6.07, 6.45) is 3.99. The number of benzene rings is 1. The van der Waals surface area contributed by atoms with Crippen molar-refractivity contribution in [1.29, 1.82) is 0 Å². The molecular formula is C20H28ClN3O2+2. The number of hydrogen-bond donors (Lipinski definition) is 2. The second kappa shape index (κ2) is 7.67. The quantitative estimate of drug-likeness (QED) is 0.711. The van der Waals surface area contributed by atoms with E-state index in [4.69, 9.17) is 11.6 Å².